The molecule has 6 heteroatoms. The number of imidazole rings is 1. The van der Waals surface area contributed by atoms with Gasteiger partial charge in [0.25, 0.3) is 5.91 Å². The summed E-state index contributed by atoms with van der Waals surface area (Å²) in [5, 5.41) is 8.78. The van der Waals surface area contributed by atoms with Crippen LogP contribution in [0, 0.1) is 5.92 Å². The zero-order chi connectivity index (χ0) is 13.0. The summed E-state index contributed by atoms with van der Waals surface area (Å²) in [4.78, 5) is 28.0. The van der Waals surface area contributed by atoms with Crippen molar-refractivity contribution in [2.24, 2.45) is 13.0 Å². The average molecular weight is 239 g/mol. The fourth-order valence-electron chi connectivity index (χ4n) is 1.51. The molecular weight excluding hydrogens is 222 g/mol. The largest absolute Gasteiger partial charge is 0.480 e. The van der Waals surface area contributed by atoms with Crippen LogP contribution < -0.4 is 0 Å². The van der Waals surface area contributed by atoms with Crippen molar-refractivity contribution in [1.82, 2.24) is 14.5 Å². The SMILES string of the molecule is CC(C)CN(CC(=O)O)C(=O)c1cn(C)cn1. The highest BCUT2D eigenvalue weighted by Gasteiger charge is 2.21. The predicted molar refractivity (Wildman–Crippen MR) is 61.6 cm³/mol. The topological polar surface area (TPSA) is 75.4 Å². The second-order valence-electron chi connectivity index (χ2n) is 4.40. The molecule has 0 aliphatic carbocycles. The van der Waals surface area contributed by atoms with Gasteiger partial charge in [0.15, 0.2) is 0 Å². The molecule has 0 bridgehead atoms. The highest BCUT2D eigenvalue weighted by atomic mass is 16.4. The Morgan fingerprint density at radius 2 is 2.18 bits per heavy atom. The number of aryl methyl sites for hydroxylation is 1. The molecule has 0 fully saturated rings. The van der Waals surface area contributed by atoms with Gasteiger partial charge in [0.1, 0.15) is 12.2 Å². The van der Waals surface area contributed by atoms with Crippen molar-refractivity contribution >= 4 is 11.9 Å². The molecule has 0 saturated carbocycles. The number of carbonyl (C=O) groups excluding carboxylic acids is 1. The van der Waals surface area contributed by atoms with E-state index < -0.39 is 5.97 Å². The Balaban J connectivity index is 2.82. The van der Waals surface area contributed by atoms with Gasteiger partial charge in [-0.25, -0.2) is 4.98 Å². The van der Waals surface area contributed by atoms with Gasteiger partial charge < -0.3 is 14.6 Å². The Morgan fingerprint density at radius 1 is 1.53 bits per heavy atom. The van der Waals surface area contributed by atoms with E-state index in [1.807, 2.05) is 13.8 Å². The van der Waals surface area contributed by atoms with Gasteiger partial charge in [-0.05, 0) is 5.92 Å². The molecule has 0 saturated heterocycles. The number of nitrogens with zero attached hydrogens (tertiary/aromatic N) is 3. The summed E-state index contributed by atoms with van der Waals surface area (Å²) in [6.45, 7) is 3.97. The van der Waals surface area contributed by atoms with Gasteiger partial charge >= 0.3 is 5.97 Å². The molecule has 0 atom stereocenters. The number of amides is 1. The van der Waals surface area contributed by atoms with Crippen molar-refractivity contribution in [3.63, 3.8) is 0 Å². The lowest BCUT2D eigenvalue weighted by atomic mass is 10.2. The summed E-state index contributed by atoms with van der Waals surface area (Å²) in [6, 6.07) is 0. The molecule has 1 N–H and O–H groups in total. The number of carbonyl (C=O) groups is 2. The van der Waals surface area contributed by atoms with Crippen molar-refractivity contribution in [2.75, 3.05) is 13.1 Å². The van der Waals surface area contributed by atoms with Gasteiger partial charge in [0.05, 0.1) is 6.33 Å². The Hall–Kier alpha value is -1.85. The van der Waals surface area contributed by atoms with Crippen LogP contribution in [-0.4, -0.2) is 44.5 Å². The highest BCUT2D eigenvalue weighted by molar-refractivity contribution is 5.93. The van der Waals surface area contributed by atoms with E-state index in [0.29, 0.717) is 6.54 Å². The van der Waals surface area contributed by atoms with E-state index >= 15 is 0 Å². The van der Waals surface area contributed by atoms with E-state index in [1.165, 1.54) is 11.2 Å². The number of rotatable bonds is 5. The Kier molecular flexibility index (Phi) is 4.25. The van der Waals surface area contributed by atoms with Crippen molar-refractivity contribution in [3.05, 3.63) is 18.2 Å². The van der Waals surface area contributed by atoms with Crippen LogP contribution in [0.5, 0.6) is 0 Å². The molecule has 0 spiro atoms. The molecule has 0 aliphatic rings. The highest BCUT2D eigenvalue weighted by Crippen LogP contribution is 2.05. The summed E-state index contributed by atoms with van der Waals surface area (Å²) >= 11 is 0. The number of hydrogen-bond donors (Lipinski definition) is 1. The van der Waals surface area contributed by atoms with Gasteiger partial charge in [-0.2, -0.15) is 0 Å². The lowest BCUT2D eigenvalue weighted by Crippen LogP contribution is -2.38. The van der Waals surface area contributed by atoms with Crippen molar-refractivity contribution in [3.8, 4) is 0 Å². The Bertz CT molecular complexity index is 412. The summed E-state index contributed by atoms with van der Waals surface area (Å²) in [5.41, 5.74) is 0.273. The number of hydrogen-bond acceptors (Lipinski definition) is 3. The summed E-state index contributed by atoms with van der Waals surface area (Å²) in [7, 11) is 1.76. The smallest absolute Gasteiger partial charge is 0.323 e. The molecular formula is C11H17N3O3. The maximum atomic E-state index is 12.0. The molecule has 1 aromatic heterocycles. The molecule has 1 heterocycles. The quantitative estimate of drug-likeness (QED) is 0.816. The third-order valence-electron chi connectivity index (χ3n) is 2.12. The van der Waals surface area contributed by atoms with E-state index in [9.17, 15) is 9.59 Å². The molecule has 1 rings (SSSR count). The normalized spacial score (nSPS) is 10.6. The number of aliphatic carboxylic acids is 1. The molecule has 17 heavy (non-hydrogen) atoms. The van der Waals surface area contributed by atoms with Crippen molar-refractivity contribution < 1.29 is 14.7 Å². The number of aromatic nitrogens is 2. The van der Waals surface area contributed by atoms with Crippen LogP contribution in [0.2, 0.25) is 0 Å². The number of carboxylic acid groups (broad SMARTS) is 1. The molecule has 0 radical (unpaired) electrons. The first-order valence-electron chi connectivity index (χ1n) is 5.39. The van der Waals surface area contributed by atoms with Gasteiger partial charge in [0.2, 0.25) is 0 Å². The third kappa shape index (κ3) is 3.90. The zero-order valence-electron chi connectivity index (χ0n) is 10.3. The van der Waals surface area contributed by atoms with E-state index in [1.54, 1.807) is 17.8 Å². The summed E-state index contributed by atoms with van der Waals surface area (Å²) in [6.07, 6.45) is 3.10. The van der Waals surface area contributed by atoms with Crippen LogP contribution in [0.4, 0.5) is 0 Å². The second kappa shape index (κ2) is 5.47. The van der Waals surface area contributed by atoms with Crippen LogP contribution in [0.3, 0.4) is 0 Å². The molecule has 0 aliphatic heterocycles. The van der Waals surface area contributed by atoms with Gasteiger partial charge in [-0.1, -0.05) is 13.8 Å². The standard InChI is InChI=1S/C11H17N3O3/c1-8(2)4-14(6-10(15)16)11(17)9-5-13(3)7-12-9/h5,7-8H,4,6H2,1-3H3,(H,15,16). The zero-order valence-corrected chi connectivity index (χ0v) is 10.3. The van der Waals surface area contributed by atoms with Gasteiger partial charge in [0, 0.05) is 19.8 Å². The van der Waals surface area contributed by atoms with E-state index in [2.05, 4.69) is 4.98 Å². The summed E-state index contributed by atoms with van der Waals surface area (Å²) in [5.74, 6) is -1.15. The van der Waals surface area contributed by atoms with Crippen LogP contribution >= 0.6 is 0 Å². The first-order chi connectivity index (χ1) is 7.90. The number of carboxylic acids is 1. The minimum absolute atomic E-state index is 0.210. The van der Waals surface area contributed by atoms with Crippen molar-refractivity contribution in [2.45, 2.75) is 13.8 Å². The van der Waals surface area contributed by atoms with E-state index in [0.717, 1.165) is 0 Å². The van der Waals surface area contributed by atoms with Crippen LogP contribution in [-0.2, 0) is 11.8 Å². The predicted octanol–water partition coefficient (Wildman–Crippen LogP) is 0.603. The molecule has 0 aromatic carbocycles. The molecule has 1 aromatic rings. The van der Waals surface area contributed by atoms with Crippen LogP contribution in [0.15, 0.2) is 12.5 Å². The first-order valence-corrected chi connectivity index (χ1v) is 5.39. The maximum absolute atomic E-state index is 12.0. The minimum atomic E-state index is -1.02. The fourth-order valence-corrected chi connectivity index (χ4v) is 1.51. The summed E-state index contributed by atoms with van der Waals surface area (Å²) < 4.78 is 1.65. The monoisotopic (exact) mass is 239 g/mol. The van der Waals surface area contributed by atoms with Crippen LogP contribution in [0.25, 0.3) is 0 Å². The van der Waals surface area contributed by atoms with Gasteiger partial charge in [-0.15, -0.1) is 0 Å². The Labute approximate surface area is 99.9 Å². The second-order valence-corrected chi connectivity index (χ2v) is 4.40. The molecule has 6 nitrogen and oxygen atoms in total. The molecule has 94 valence electrons. The molecule has 0 unspecified atom stereocenters. The Morgan fingerprint density at radius 3 is 2.59 bits per heavy atom. The third-order valence-corrected chi connectivity index (χ3v) is 2.12. The van der Waals surface area contributed by atoms with Crippen LogP contribution in [0.1, 0.15) is 24.3 Å². The van der Waals surface area contributed by atoms with E-state index in [-0.39, 0.29) is 24.1 Å². The van der Waals surface area contributed by atoms with E-state index in [4.69, 9.17) is 5.11 Å². The lowest BCUT2D eigenvalue weighted by Gasteiger charge is -2.21. The molecule has 1 amide bonds. The minimum Gasteiger partial charge on any atom is -0.480 e. The van der Waals surface area contributed by atoms with Crippen molar-refractivity contribution in [1.29, 1.82) is 0 Å². The fraction of sp³-hybridized carbons (Fsp3) is 0.545. The first kappa shape index (κ1) is 13.2. The average Bonchev–Trinajstić information content (AvgIpc) is 2.61. The maximum Gasteiger partial charge on any atom is 0.323 e. The van der Waals surface area contributed by atoms with Gasteiger partial charge in [-0.3, -0.25) is 9.59 Å². The lowest BCUT2D eigenvalue weighted by molar-refractivity contribution is -0.137.